The number of hydrogen-bond donors (Lipinski definition) is 0. The Labute approximate surface area is 333 Å². The Hall–Kier alpha value is -6.93. The maximum absolute atomic E-state index is 6.79. The highest BCUT2D eigenvalue weighted by molar-refractivity contribution is 8.00. The maximum Gasteiger partial charge on any atom is 0.182 e. The Kier molecular flexibility index (Phi) is 7.11. The molecule has 4 aromatic heterocycles. The molecule has 0 N–H and O–H groups in total. The zero-order chi connectivity index (χ0) is 37.5. The first kappa shape index (κ1) is 32.3. The molecule has 0 unspecified atom stereocenters. The first-order valence-electron chi connectivity index (χ1n) is 19.1. The Bertz CT molecular complexity index is 3320. The van der Waals surface area contributed by atoms with Crippen LogP contribution in [0.15, 0.2) is 204 Å². The molecule has 0 bridgehead atoms. The summed E-state index contributed by atoms with van der Waals surface area (Å²) >= 11 is 1.89. The first-order valence-corrected chi connectivity index (χ1v) is 22.0. The van der Waals surface area contributed by atoms with Crippen molar-refractivity contribution in [2.24, 2.45) is 0 Å². The zero-order valence-electron chi connectivity index (χ0n) is 30.6. The van der Waals surface area contributed by atoms with Crippen LogP contribution < -0.4 is 25.5 Å². The fourth-order valence-corrected chi connectivity index (χ4v) is 16.5. The van der Waals surface area contributed by atoms with E-state index < -0.39 is 8.07 Å². The van der Waals surface area contributed by atoms with E-state index >= 15 is 0 Å². The van der Waals surface area contributed by atoms with Crippen molar-refractivity contribution in [2.45, 2.75) is 9.79 Å². The zero-order valence-corrected chi connectivity index (χ0v) is 32.4. The van der Waals surface area contributed by atoms with Crippen molar-refractivity contribution in [3.8, 4) is 17.3 Å². The topological polar surface area (TPSA) is 44.4 Å². The number of ether oxygens (including phenoxy) is 1. The number of hydrogen-bond acceptors (Lipinski definition) is 4. The molecule has 0 radical (unpaired) electrons. The molecule has 5 nitrogen and oxygen atoms in total. The van der Waals surface area contributed by atoms with Crippen LogP contribution in [-0.2, 0) is 0 Å². The largest absolute Gasteiger partial charge is 0.457 e. The third-order valence-corrected chi connectivity index (χ3v) is 18.0. The number of pyridine rings is 2. The molecule has 7 aromatic carbocycles. The molecule has 1 aliphatic heterocycles. The van der Waals surface area contributed by atoms with Crippen molar-refractivity contribution in [3.63, 3.8) is 0 Å². The summed E-state index contributed by atoms with van der Waals surface area (Å²) in [7, 11) is -2.88. The summed E-state index contributed by atoms with van der Waals surface area (Å²) in [5, 5.41) is 11.4. The molecule has 5 heterocycles. The molecule has 268 valence electrons. The fourth-order valence-electron chi connectivity index (χ4n) is 9.34. The molecule has 0 amide bonds. The van der Waals surface area contributed by atoms with Crippen LogP contribution in [0.25, 0.3) is 54.9 Å². The molecule has 0 atom stereocenters. The number of rotatable bonds is 5. The summed E-state index contributed by atoms with van der Waals surface area (Å²) in [5.41, 5.74) is 4.22. The molecule has 0 saturated heterocycles. The summed E-state index contributed by atoms with van der Waals surface area (Å²) in [6.45, 7) is 0. The summed E-state index contributed by atoms with van der Waals surface area (Å²) < 4.78 is 11.3. The number of nitrogens with zero attached hydrogens (tertiary/aromatic N) is 4. The normalized spacial score (nSPS) is 13.3. The molecule has 1 aliphatic rings. The van der Waals surface area contributed by atoms with Crippen molar-refractivity contribution in [1.82, 2.24) is 18.9 Å². The standard InChI is InChI=1S/C50H32N4OSSi/c1-3-13-35(14-4-1)57(36-15-5-2-6-16-36)46-20-10-9-19-44(46)56-45-27-26-42-48(49(45)57)39-25-23-34(32-43(39)54(42)47-21-11-12-28-51-47)55-33-22-24-37-38-17-7-8-18-41(38)53-30-29-52-50(53)40(37)31-33/h1-32H. The van der Waals surface area contributed by atoms with Gasteiger partial charge in [-0.1, -0.05) is 115 Å². The van der Waals surface area contributed by atoms with Crippen LogP contribution in [0.2, 0.25) is 0 Å². The fraction of sp³-hybridized carbons (Fsp3) is 0. The second kappa shape index (κ2) is 12.5. The molecule has 0 aliphatic carbocycles. The van der Waals surface area contributed by atoms with E-state index in [1.165, 1.54) is 46.7 Å². The van der Waals surface area contributed by atoms with E-state index in [4.69, 9.17) is 14.7 Å². The Balaban J connectivity index is 1.13. The van der Waals surface area contributed by atoms with Gasteiger partial charge in [0.05, 0.1) is 16.6 Å². The van der Waals surface area contributed by atoms with Gasteiger partial charge in [0, 0.05) is 56.0 Å². The minimum absolute atomic E-state index is 0.755. The quantitative estimate of drug-likeness (QED) is 0.129. The van der Waals surface area contributed by atoms with E-state index in [9.17, 15) is 0 Å². The highest BCUT2D eigenvalue weighted by Gasteiger charge is 2.48. The number of para-hydroxylation sites is 1. The Morgan fingerprint density at radius 2 is 1.21 bits per heavy atom. The molecular formula is C50H32N4OSSi. The Morgan fingerprint density at radius 1 is 0.491 bits per heavy atom. The van der Waals surface area contributed by atoms with Gasteiger partial charge in [0.2, 0.25) is 0 Å². The monoisotopic (exact) mass is 764 g/mol. The van der Waals surface area contributed by atoms with Crippen LogP contribution in [0.5, 0.6) is 11.5 Å². The molecule has 11 aromatic rings. The van der Waals surface area contributed by atoms with Crippen molar-refractivity contribution in [1.29, 1.82) is 0 Å². The Morgan fingerprint density at radius 3 is 2.02 bits per heavy atom. The maximum atomic E-state index is 6.79. The van der Waals surface area contributed by atoms with Gasteiger partial charge in [0.1, 0.15) is 23.0 Å². The highest BCUT2D eigenvalue weighted by atomic mass is 32.2. The smallest absolute Gasteiger partial charge is 0.182 e. The van der Waals surface area contributed by atoms with Gasteiger partial charge in [-0.2, -0.15) is 0 Å². The van der Waals surface area contributed by atoms with Gasteiger partial charge < -0.3 is 4.74 Å². The molecule has 12 rings (SSSR count). The summed E-state index contributed by atoms with van der Waals surface area (Å²) in [6, 6.07) is 63.7. The van der Waals surface area contributed by atoms with Crippen LogP contribution in [-0.4, -0.2) is 27.0 Å². The van der Waals surface area contributed by atoms with E-state index in [0.29, 0.717) is 0 Å². The summed E-state index contributed by atoms with van der Waals surface area (Å²) in [6.07, 6.45) is 5.76. The van der Waals surface area contributed by atoms with E-state index in [-0.39, 0.29) is 0 Å². The van der Waals surface area contributed by atoms with Crippen molar-refractivity contribution in [3.05, 3.63) is 195 Å². The van der Waals surface area contributed by atoms with Gasteiger partial charge >= 0.3 is 0 Å². The number of aromatic nitrogens is 4. The number of fused-ring (bicyclic) bond motifs is 12. The molecule has 0 spiro atoms. The van der Waals surface area contributed by atoms with Gasteiger partial charge in [-0.05, 0) is 92.9 Å². The second-order valence-corrected chi connectivity index (χ2v) is 19.3. The number of imidazole rings is 1. The third-order valence-electron chi connectivity index (χ3n) is 11.6. The molecule has 0 fully saturated rings. The van der Waals surface area contributed by atoms with Crippen LogP contribution >= 0.6 is 11.8 Å². The van der Waals surface area contributed by atoms with Gasteiger partial charge in [0.25, 0.3) is 0 Å². The van der Waals surface area contributed by atoms with Gasteiger partial charge in [-0.15, -0.1) is 0 Å². The lowest BCUT2D eigenvalue weighted by Gasteiger charge is -2.40. The second-order valence-electron chi connectivity index (χ2n) is 14.6. The summed E-state index contributed by atoms with van der Waals surface area (Å²) in [4.78, 5) is 12.3. The van der Waals surface area contributed by atoms with Crippen molar-refractivity contribution in [2.75, 3.05) is 0 Å². The van der Waals surface area contributed by atoms with E-state index in [1.807, 2.05) is 36.4 Å². The van der Waals surface area contributed by atoms with Crippen molar-refractivity contribution >= 4 is 89.7 Å². The minimum Gasteiger partial charge on any atom is -0.457 e. The SMILES string of the molecule is c1ccc([Si]2(c3ccccc3)c3ccccc3Sc3ccc4c(c32)c2ccc(Oc3ccc5c6ccccc6n6ccnc6c5c3)cc2n4-c2ccccn2)cc1. The molecule has 0 saturated carbocycles. The molecule has 57 heavy (non-hydrogen) atoms. The predicted molar refractivity (Wildman–Crippen MR) is 237 cm³/mol. The highest BCUT2D eigenvalue weighted by Crippen LogP contribution is 2.41. The predicted octanol–water partition coefficient (Wildman–Crippen LogP) is 9.77. The van der Waals surface area contributed by atoms with Crippen LogP contribution in [0.3, 0.4) is 0 Å². The van der Waals surface area contributed by atoms with Crippen molar-refractivity contribution < 1.29 is 4.74 Å². The molecular weight excluding hydrogens is 733 g/mol. The average Bonchev–Trinajstić information content (AvgIpc) is 3.90. The van der Waals surface area contributed by atoms with E-state index in [2.05, 4.69) is 179 Å². The van der Waals surface area contributed by atoms with Gasteiger partial charge in [-0.25, -0.2) is 9.97 Å². The van der Waals surface area contributed by atoms with E-state index in [1.54, 1.807) is 0 Å². The average molecular weight is 765 g/mol. The lowest BCUT2D eigenvalue weighted by molar-refractivity contribution is 0.484. The van der Waals surface area contributed by atoms with Crippen LogP contribution in [0.1, 0.15) is 0 Å². The van der Waals surface area contributed by atoms with Gasteiger partial charge in [0.15, 0.2) is 8.07 Å². The van der Waals surface area contributed by atoms with Crippen LogP contribution in [0.4, 0.5) is 0 Å². The number of benzene rings is 7. The summed E-state index contributed by atoms with van der Waals surface area (Å²) in [5.74, 6) is 2.38. The third kappa shape index (κ3) is 4.70. The van der Waals surface area contributed by atoms with Crippen LogP contribution in [0, 0.1) is 0 Å². The minimum atomic E-state index is -2.88. The lowest BCUT2D eigenvalue weighted by Crippen LogP contribution is -2.76. The van der Waals surface area contributed by atoms with Gasteiger partial charge in [-0.3, -0.25) is 8.97 Å². The molecule has 7 heteroatoms. The van der Waals surface area contributed by atoms with E-state index in [0.717, 1.165) is 50.3 Å². The first-order chi connectivity index (χ1) is 28.3. The lowest BCUT2D eigenvalue weighted by atomic mass is 10.1.